The highest BCUT2D eigenvalue weighted by atomic mass is 16.5. The van der Waals surface area contributed by atoms with Gasteiger partial charge in [0, 0.05) is 16.8 Å². The van der Waals surface area contributed by atoms with E-state index in [1.165, 1.54) is 31.4 Å². The summed E-state index contributed by atoms with van der Waals surface area (Å²) in [7, 11) is 1.25. The summed E-state index contributed by atoms with van der Waals surface area (Å²) in [5.74, 6) is -2.15. The van der Waals surface area contributed by atoms with Gasteiger partial charge in [0.15, 0.2) is 0 Å². The molecule has 3 amide bonds. The number of methoxy groups -OCH3 is 1. The van der Waals surface area contributed by atoms with Gasteiger partial charge in [-0.25, -0.2) is 4.79 Å². The van der Waals surface area contributed by atoms with Crippen molar-refractivity contribution in [1.82, 2.24) is 5.32 Å². The van der Waals surface area contributed by atoms with Gasteiger partial charge in [-0.2, -0.15) is 0 Å². The molecule has 0 atom stereocenters. The number of ether oxygens (including phenoxy) is 1. The second-order valence-corrected chi connectivity index (χ2v) is 5.26. The number of hydrogen-bond donors (Lipinski definition) is 3. The second kappa shape index (κ2) is 8.43. The van der Waals surface area contributed by atoms with E-state index in [4.69, 9.17) is 5.73 Å². The maximum atomic E-state index is 12.3. The first-order valence-electron chi connectivity index (χ1n) is 7.57. The molecule has 0 unspecified atom stereocenters. The molecule has 0 spiro atoms. The van der Waals surface area contributed by atoms with Crippen LogP contribution in [-0.4, -0.2) is 37.3 Å². The van der Waals surface area contributed by atoms with E-state index in [9.17, 15) is 19.2 Å². The summed E-state index contributed by atoms with van der Waals surface area (Å²) in [6, 6.07) is 12.2. The Labute approximate surface area is 149 Å². The van der Waals surface area contributed by atoms with Crippen molar-refractivity contribution in [3.63, 3.8) is 0 Å². The molecular formula is C18H17N3O5. The molecule has 8 nitrogen and oxygen atoms in total. The Balaban J connectivity index is 2.12. The average Bonchev–Trinajstić information content (AvgIpc) is 2.65. The Bertz CT molecular complexity index is 863. The fraction of sp³-hybridized carbons (Fsp3) is 0.111. The Kier molecular flexibility index (Phi) is 6.05. The maximum absolute atomic E-state index is 12.3. The molecule has 8 heteroatoms. The van der Waals surface area contributed by atoms with Crippen molar-refractivity contribution in [3.05, 3.63) is 65.2 Å². The van der Waals surface area contributed by atoms with E-state index in [0.717, 1.165) is 0 Å². The monoisotopic (exact) mass is 355 g/mol. The minimum atomic E-state index is -0.659. The summed E-state index contributed by atoms with van der Waals surface area (Å²) in [5, 5.41) is 5.00. The highest BCUT2D eigenvalue weighted by Crippen LogP contribution is 2.14. The largest absolute Gasteiger partial charge is 0.465 e. The van der Waals surface area contributed by atoms with E-state index in [1.807, 2.05) is 0 Å². The van der Waals surface area contributed by atoms with Crippen LogP contribution in [0, 0.1) is 0 Å². The van der Waals surface area contributed by atoms with Crippen LogP contribution in [0.25, 0.3) is 0 Å². The summed E-state index contributed by atoms with van der Waals surface area (Å²) in [5.41, 5.74) is 6.13. The first-order chi connectivity index (χ1) is 12.4. The van der Waals surface area contributed by atoms with E-state index >= 15 is 0 Å². The van der Waals surface area contributed by atoms with Gasteiger partial charge in [-0.1, -0.05) is 12.1 Å². The Morgan fingerprint density at radius 3 is 2.19 bits per heavy atom. The van der Waals surface area contributed by atoms with Crippen LogP contribution in [0.15, 0.2) is 48.5 Å². The molecule has 134 valence electrons. The van der Waals surface area contributed by atoms with Crippen molar-refractivity contribution in [2.75, 3.05) is 19.0 Å². The predicted molar refractivity (Wildman–Crippen MR) is 93.7 cm³/mol. The number of nitrogens with two attached hydrogens (primary N) is 1. The summed E-state index contributed by atoms with van der Waals surface area (Å²) >= 11 is 0. The Hall–Kier alpha value is -3.68. The first-order valence-corrected chi connectivity index (χ1v) is 7.57. The number of primary amides is 1. The molecule has 0 saturated carbocycles. The van der Waals surface area contributed by atoms with E-state index < -0.39 is 23.7 Å². The number of carbonyl (C=O) groups excluding carboxylic acids is 4. The van der Waals surface area contributed by atoms with Crippen molar-refractivity contribution in [3.8, 4) is 0 Å². The van der Waals surface area contributed by atoms with E-state index in [1.54, 1.807) is 24.3 Å². The van der Waals surface area contributed by atoms with Gasteiger partial charge in [0.25, 0.3) is 11.8 Å². The molecule has 0 saturated heterocycles. The molecule has 2 aromatic rings. The lowest BCUT2D eigenvalue weighted by molar-refractivity contribution is -0.117. The van der Waals surface area contributed by atoms with Crippen molar-refractivity contribution in [2.24, 2.45) is 5.73 Å². The molecule has 0 aliphatic carbocycles. The zero-order valence-corrected chi connectivity index (χ0v) is 13.9. The SMILES string of the molecule is COC(=O)c1cccc(C(=O)Nc2cccc(C(=O)NCC(N)=O)c2)c1. The predicted octanol–water partition coefficient (Wildman–Crippen LogP) is 0.941. The fourth-order valence-electron chi connectivity index (χ4n) is 2.12. The number of benzene rings is 2. The van der Waals surface area contributed by atoms with E-state index in [0.29, 0.717) is 5.69 Å². The van der Waals surface area contributed by atoms with Crippen LogP contribution in [0.4, 0.5) is 5.69 Å². The van der Waals surface area contributed by atoms with E-state index in [2.05, 4.69) is 15.4 Å². The van der Waals surface area contributed by atoms with Crippen LogP contribution < -0.4 is 16.4 Å². The molecule has 0 aliphatic heterocycles. The minimum Gasteiger partial charge on any atom is -0.465 e. The zero-order valence-electron chi connectivity index (χ0n) is 13.9. The molecule has 0 heterocycles. The van der Waals surface area contributed by atoms with Gasteiger partial charge < -0.3 is 21.1 Å². The van der Waals surface area contributed by atoms with Crippen molar-refractivity contribution in [1.29, 1.82) is 0 Å². The lowest BCUT2D eigenvalue weighted by Crippen LogP contribution is -2.33. The van der Waals surface area contributed by atoms with Crippen LogP contribution in [0.3, 0.4) is 0 Å². The molecule has 0 radical (unpaired) electrons. The summed E-state index contributed by atoms with van der Waals surface area (Å²) in [4.78, 5) is 46.5. The third kappa shape index (κ3) is 4.91. The third-order valence-electron chi connectivity index (χ3n) is 3.35. The highest BCUT2D eigenvalue weighted by molar-refractivity contribution is 6.06. The zero-order chi connectivity index (χ0) is 19.1. The molecule has 2 aromatic carbocycles. The lowest BCUT2D eigenvalue weighted by Gasteiger charge is -2.08. The maximum Gasteiger partial charge on any atom is 0.337 e. The minimum absolute atomic E-state index is 0.250. The molecular weight excluding hydrogens is 338 g/mol. The van der Waals surface area contributed by atoms with Crippen molar-refractivity contribution >= 4 is 29.4 Å². The quantitative estimate of drug-likeness (QED) is 0.665. The topological polar surface area (TPSA) is 128 Å². The molecule has 0 aliphatic rings. The molecule has 0 aromatic heterocycles. The Morgan fingerprint density at radius 1 is 0.923 bits per heavy atom. The van der Waals surface area contributed by atoms with Crippen molar-refractivity contribution in [2.45, 2.75) is 0 Å². The lowest BCUT2D eigenvalue weighted by atomic mass is 10.1. The smallest absolute Gasteiger partial charge is 0.337 e. The third-order valence-corrected chi connectivity index (χ3v) is 3.35. The molecule has 2 rings (SSSR count). The molecule has 26 heavy (non-hydrogen) atoms. The van der Waals surface area contributed by atoms with Gasteiger partial charge in [-0.05, 0) is 36.4 Å². The second-order valence-electron chi connectivity index (χ2n) is 5.26. The molecule has 4 N–H and O–H groups in total. The van der Waals surface area contributed by atoms with Crippen LogP contribution >= 0.6 is 0 Å². The van der Waals surface area contributed by atoms with Gasteiger partial charge in [0.1, 0.15) is 0 Å². The van der Waals surface area contributed by atoms with Crippen LogP contribution in [0.1, 0.15) is 31.1 Å². The standard InChI is InChI=1S/C18H17N3O5/c1-26-18(25)13-6-2-4-11(8-13)17(24)21-14-7-3-5-12(9-14)16(23)20-10-15(19)22/h2-9H,10H2,1H3,(H2,19,22)(H,20,23)(H,21,24). The fourth-order valence-corrected chi connectivity index (χ4v) is 2.12. The molecule has 0 fully saturated rings. The van der Waals surface area contributed by atoms with Crippen molar-refractivity contribution < 1.29 is 23.9 Å². The average molecular weight is 355 g/mol. The number of amides is 3. The van der Waals surface area contributed by atoms with Crippen LogP contribution in [0.2, 0.25) is 0 Å². The van der Waals surface area contributed by atoms with Gasteiger partial charge in [-0.15, -0.1) is 0 Å². The summed E-state index contributed by atoms with van der Waals surface area (Å²) in [6.07, 6.45) is 0. The number of carbonyl (C=O) groups is 4. The summed E-state index contributed by atoms with van der Waals surface area (Å²) < 4.78 is 4.62. The Morgan fingerprint density at radius 2 is 1.54 bits per heavy atom. The van der Waals surface area contributed by atoms with Gasteiger partial charge in [-0.3, -0.25) is 14.4 Å². The number of esters is 1. The van der Waals surface area contributed by atoms with Gasteiger partial charge >= 0.3 is 5.97 Å². The number of rotatable bonds is 6. The van der Waals surface area contributed by atoms with Gasteiger partial charge in [0.2, 0.25) is 5.91 Å². The normalized spacial score (nSPS) is 9.88. The number of nitrogens with one attached hydrogen (secondary N) is 2. The van der Waals surface area contributed by atoms with E-state index in [-0.39, 0.29) is 23.2 Å². The van der Waals surface area contributed by atoms with Crippen LogP contribution in [-0.2, 0) is 9.53 Å². The number of anilines is 1. The molecule has 0 bridgehead atoms. The number of hydrogen-bond acceptors (Lipinski definition) is 5. The van der Waals surface area contributed by atoms with Gasteiger partial charge in [0.05, 0.1) is 19.2 Å². The summed E-state index contributed by atoms with van der Waals surface area (Å²) in [6.45, 7) is -0.282. The first kappa shape index (κ1) is 18.7. The highest BCUT2D eigenvalue weighted by Gasteiger charge is 2.12. The van der Waals surface area contributed by atoms with Crippen LogP contribution in [0.5, 0.6) is 0 Å².